The van der Waals surface area contributed by atoms with E-state index in [1.165, 1.54) is 12.0 Å². The summed E-state index contributed by atoms with van der Waals surface area (Å²) < 4.78 is 23.0. The molecule has 0 radical (unpaired) electrons. The molecule has 17 heavy (non-hydrogen) atoms. The number of alkyl halides is 1. The quantitative estimate of drug-likeness (QED) is 0.805. The number of hydrogen-bond acceptors (Lipinski definition) is 3. The fourth-order valence-corrected chi connectivity index (χ4v) is 1.89. The fourth-order valence-electron chi connectivity index (χ4n) is 1.89. The van der Waals surface area contributed by atoms with Gasteiger partial charge in [0.05, 0.1) is 19.3 Å². The minimum absolute atomic E-state index is 0.0435. The highest BCUT2D eigenvalue weighted by atomic mass is 19.1. The maximum Gasteiger partial charge on any atom is 0.265 e. The lowest BCUT2D eigenvalue weighted by Gasteiger charge is -2.29. The van der Waals surface area contributed by atoms with Crippen LogP contribution >= 0.6 is 0 Å². The Kier molecular flexibility index (Phi) is 3.17. The number of halogens is 1. The van der Waals surface area contributed by atoms with Crippen molar-refractivity contribution in [1.82, 2.24) is 0 Å². The highest BCUT2D eigenvalue weighted by molar-refractivity contribution is 5.98. The Morgan fingerprint density at radius 3 is 2.94 bits per heavy atom. The minimum Gasteiger partial charge on any atom is -0.493 e. The van der Waals surface area contributed by atoms with Crippen molar-refractivity contribution in [2.75, 3.05) is 31.8 Å². The standard InChI is InChI=1S/C12H14FNO3/c1-8-5-9-12(10(6-8)16-2)17-7-11(15)14(9)4-3-13/h5-6H,3-4,7H2,1-2H3. The molecule has 0 unspecified atom stereocenters. The fraction of sp³-hybridized carbons (Fsp3) is 0.417. The van der Waals surface area contributed by atoms with Gasteiger partial charge in [0.25, 0.3) is 5.91 Å². The first-order chi connectivity index (χ1) is 8.17. The molecule has 1 aliphatic rings. The van der Waals surface area contributed by atoms with E-state index in [4.69, 9.17) is 9.47 Å². The average Bonchev–Trinajstić information content (AvgIpc) is 2.32. The molecule has 1 amide bonds. The van der Waals surface area contributed by atoms with Crippen LogP contribution < -0.4 is 14.4 Å². The maximum absolute atomic E-state index is 12.5. The third kappa shape index (κ3) is 2.05. The molecule has 92 valence electrons. The van der Waals surface area contributed by atoms with Crippen molar-refractivity contribution in [1.29, 1.82) is 0 Å². The first-order valence-corrected chi connectivity index (χ1v) is 5.35. The third-order valence-corrected chi connectivity index (χ3v) is 2.64. The largest absolute Gasteiger partial charge is 0.493 e. The number of benzene rings is 1. The van der Waals surface area contributed by atoms with Crippen LogP contribution in [0.15, 0.2) is 12.1 Å². The second-order valence-corrected chi connectivity index (χ2v) is 3.84. The SMILES string of the molecule is COc1cc(C)cc2c1OCC(=O)N2CCF. The molecular formula is C12H14FNO3. The molecule has 0 spiro atoms. The van der Waals surface area contributed by atoms with Crippen molar-refractivity contribution >= 4 is 11.6 Å². The number of hydrogen-bond donors (Lipinski definition) is 0. The minimum atomic E-state index is -0.582. The summed E-state index contributed by atoms with van der Waals surface area (Å²) in [5.41, 5.74) is 1.51. The Bertz CT molecular complexity index is 448. The molecule has 5 heteroatoms. The zero-order valence-corrected chi connectivity index (χ0v) is 9.83. The lowest BCUT2D eigenvalue weighted by Crippen LogP contribution is -2.40. The molecule has 0 N–H and O–H groups in total. The zero-order valence-electron chi connectivity index (χ0n) is 9.83. The normalized spacial score (nSPS) is 14.3. The van der Waals surface area contributed by atoms with Gasteiger partial charge < -0.3 is 14.4 Å². The highest BCUT2D eigenvalue weighted by Crippen LogP contribution is 2.41. The van der Waals surface area contributed by atoms with Crippen LogP contribution in [0.4, 0.5) is 10.1 Å². The van der Waals surface area contributed by atoms with Crippen LogP contribution in [-0.4, -0.2) is 32.8 Å². The van der Waals surface area contributed by atoms with E-state index in [1.54, 1.807) is 6.07 Å². The van der Waals surface area contributed by atoms with E-state index in [-0.39, 0.29) is 19.1 Å². The number of carbonyl (C=O) groups excluding carboxylic acids is 1. The molecule has 0 aromatic heterocycles. The molecule has 0 fully saturated rings. The van der Waals surface area contributed by atoms with Crippen molar-refractivity contribution in [3.8, 4) is 11.5 Å². The molecule has 1 aromatic rings. The molecule has 1 heterocycles. The lowest BCUT2D eigenvalue weighted by atomic mass is 10.1. The van der Waals surface area contributed by atoms with Crippen molar-refractivity contribution in [2.45, 2.75) is 6.92 Å². The van der Waals surface area contributed by atoms with Gasteiger partial charge in [-0.25, -0.2) is 4.39 Å². The summed E-state index contributed by atoms with van der Waals surface area (Å²) in [6.07, 6.45) is 0. The molecular weight excluding hydrogens is 225 g/mol. The number of amides is 1. The second-order valence-electron chi connectivity index (χ2n) is 3.84. The van der Waals surface area contributed by atoms with Gasteiger partial charge in [-0.2, -0.15) is 0 Å². The molecule has 0 saturated carbocycles. The summed E-state index contributed by atoms with van der Waals surface area (Å²) in [4.78, 5) is 13.0. The molecule has 4 nitrogen and oxygen atoms in total. The van der Waals surface area contributed by atoms with Gasteiger partial charge >= 0.3 is 0 Å². The topological polar surface area (TPSA) is 38.8 Å². The number of nitrogens with zero attached hydrogens (tertiary/aromatic N) is 1. The summed E-state index contributed by atoms with van der Waals surface area (Å²) >= 11 is 0. The number of methoxy groups -OCH3 is 1. The predicted octanol–water partition coefficient (Wildman–Crippen LogP) is 1.70. The van der Waals surface area contributed by atoms with Crippen molar-refractivity contribution in [2.24, 2.45) is 0 Å². The zero-order chi connectivity index (χ0) is 12.4. The number of fused-ring (bicyclic) bond motifs is 1. The van der Waals surface area contributed by atoms with Crippen molar-refractivity contribution in [3.05, 3.63) is 17.7 Å². The van der Waals surface area contributed by atoms with Crippen LogP contribution in [0.2, 0.25) is 0 Å². The van der Waals surface area contributed by atoms with E-state index >= 15 is 0 Å². The third-order valence-electron chi connectivity index (χ3n) is 2.64. The summed E-state index contributed by atoms with van der Waals surface area (Å²) in [5.74, 6) is 0.838. The molecule has 1 aliphatic heterocycles. The van der Waals surface area contributed by atoms with Gasteiger partial charge in [-0.1, -0.05) is 0 Å². The van der Waals surface area contributed by atoms with Crippen LogP contribution in [-0.2, 0) is 4.79 Å². The van der Waals surface area contributed by atoms with Gasteiger partial charge in [0.2, 0.25) is 0 Å². The summed E-state index contributed by atoms with van der Waals surface area (Å²) in [7, 11) is 1.54. The molecule has 0 aliphatic carbocycles. The van der Waals surface area contributed by atoms with E-state index in [9.17, 15) is 9.18 Å². The maximum atomic E-state index is 12.5. The summed E-state index contributed by atoms with van der Waals surface area (Å²) in [5, 5.41) is 0. The van der Waals surface area contributed by atoms with Crippen LogP contribution in [0.1, 0.15) is 5.56 Å². The number of carbonyl (C=O) groups is 1. The summed E-state index contributed by atoms with van der Waals surface area (Å²) in [6.45, 7) is 1.27. The first-order valence-electron chi connectivity index (χ1n) is 5.35. The second kappa shape index (κ2) is 4.61. The lowest BCUT2D eigenvalue weighted by molar-refractivity contribution is -0.121. The van der Waals surface area contributed by atoms with E-state index in [2.05, 4.69) is 0 Å². The van der Waals surface area contributed by atoms with Gasteiger partial charge in [-0.05, 0) is 24.6 Å². The number of ether oxygens (including phenoxy) is 2. The molecule has 0 bridgehead atoms. The van der Waals surface area contributed by atoms with Crippen molar-refractivity contribution in [3.63, 3.8) is 0 Å². The molecule has 0 atom stereocenters. The highest BCUT2D eigenvalue weighted by Gasteiger charge is 2.28. The molecule has 0 saturated heterocycles. The van der Waals surface area contributed by atoms with E-state index in [0.29, 0.717) is 17.2 Å². The molecule has 1 aromatic carbocycles. The van der Waals surface area contributed by atoms with Crippen LogP contribution in [0.5, 0.6) is 11.5 Å². The van der Waals surface area contributed by atoms with Crippen LogP contribution in [0.3, 0.4) is 0 Å². The Morgan fingerprint density at radius 1 is 1.53 bits per heavy atom. The monoisotopic (exact) mass is 239 g/mol. The number of rotatable bonds is 3. The van der Waals surface area contributed by atoms with Crippen LogP contribution in [0, 0.1) is 6.92 Å². The smallest absolute Gasteiger partial charge is 0.265 e. The number of anilines is 1. The molecule has 2 rings (SSSR count). The van der Waals surface area contributed by atoms with Gasteiger partial charge in [-0.15, -0.1) is 0 Å². The Hall–Kier alpha value is -1.78. The van der Waals surface area contributed by atoms with E-state index in [1.807, 2.05) is 13.0 Å². The van der Waals surface area contributed by atoms with Gasteiger partial charge in [0, 0.05) is 0 Å². The average molecular weight is 239 g/mol. The van der Waals surface area contributed by atoms with E-state index in [0.717, 1.165) is 5.56 Å². The first kappa shape index (κ1) is 11.7. The Morgan fingerprint density at radius 2 is 2.29 bits per heavy atom. The summed E-state index contributed by atoms with van der Waals surface area (Å²) in [6, 6.07) is 3.62. The van der Waals surface area contributed by atoms with Gasteiger partial charge in [-0.3, -0.25) is 4.79 Å². The van der Waals surface area contributed by atoms with Gasteiger partial charge in [0.1, 0.15) is 6.67 Å². The van der Waals surface area contributed by atoms with E-state index < -0.39 is 6.67 Å². The van der Waals surface area contributed by atoms with Crippen LogP contribution in [0.25, 0.3) is 0 Å². The Balaban J connectivity index is 2.50. The van der Waals surface area contributed by atoms with Crippen molar-refractivity contribution < 1.29 is 18.7 Å². The number of aryl methyl sites for hydroxylation is 1. The Labute approximate surface area is 98.9 Å². The predicted molar refractivity (Wildman–Crippen MR) is 61.6 cm³/mol. The van der Waals surface area contributed by atoms with Gasteiger partial charge in [0.15, 0.2) is 18.1 Å².